The number of hydrogen-bond acceptors (Lipinski definition) is 9. The van der Waals surface area contributed by atoms with E-state index in [4.69, 9.17) is 16.3 Å². The number of hydrogen-bond donors (Lipinski definition) is 3. The van der Waals surface area contributed by atoms with Crippen molar-refractivity contribution in [2.24, 2.45) is 5.92 Å². The van der Waals surface area contributed by atoms with Crippen LogP contribution in [0.1, 0.15) is 28.2 Å². The second-order valence-corrected chi connectivity index (χ2v) is 8.29. The van der Waals surface area contributed by atoms with Crippen molar-refractivity contribution in [2.75, 3.05) is 37.0 Å². The Balaban J connectivity index is 1.54. The third-order valence-electron chi connectivity index (χ3n) is 5.55. The summed E-state index contributed by atoms with van der Waals surface area (Å²) < 4.78 is 5.21. The molecule has 1 aliphatic heterocycles. The van der Waals surface area contributed by atoms with E-state index in [-0.39, 0.29) is 25.0 Å². The number of aliphatic hydroxyl groups excluding tert-OH is 1. The number of carbonyl (C=O) groups excluding carboxylic acids is 1. The van der Waals surface area contributed by atoms with Crippen LogP contribution in [0.2, 0.25) is 5.02 Å². The van der Waals surface area contributed by atoms with E-state index in [0.717, 1.165) is 18.5 Å². The van der Waals surface area contributed by atoms with Crippen LogP contribution in [-0.4, -0.2) is 57.8 Å². The fourth-order valence-electron chi connectivity index (χ4n) is 3.67. The first-order valence-electron chi connectivity index (χ1n) is 10.9. The summed E-state index contributed by atoms with van der Waals surface area (Å²) in [5, 5.41) is 16.0. The highest BCUT2D eigenvalue weighted by Gasteiger charge is 2.25. The van der Waals surface area contributed by atoms with Crippen LogP contribution in [0.3, 0.4) is 0 Å². The molecule has 3 N–H and O–H groups in total. The van der Waals surface area contributed by atoms with Crippen molar-refractivity contribution in [2.45, 2.75) is 19.5 Å². The molecule has 11 heteroatoms. The average Bonchev–Trinajstić information content (AvgIpc) is 3.36. The van der Waals surface area contributed by atoms with Crippen LogP contribution in [0.5, 0.6) is 5.75 Å². The molecule has 1 saturated heterocycles. The summed E-state index contributed by atoms with van der Waals surface area (Å²) in [5.41, 5.74) is 1.20. The van der Waals surface area contributed by atoms with Crippen molar-refractivity contribution in [3.8, 4) is 5.75 Å². The summed E-state index contributed by atoms with van der Waals surface area (Å²) in [6.45, 7) is 2.11. The molecule has 1 amide bonds. The molecule has 2 aromatic heterocycles. The number of carbonyl (C=O) groups is 1. The quantitative estimate of drug-likeness (QED) is 0.420. The zero-order valence-electron chi connectivity index (χ0n) is 18.7. The van der Waals surface area contributed by atoms with Gasteiger partial charge in [-0.15, -0.1) is 0 Å². The maximum Gasteiger partial charge on any atom is 0.256 e. The molecule has 1 fully saturated rings. The van der Waals surface area contributed by atoms with Crippen LogP contribution < -0.4 is 20.3 Å². The fourth-order valence-corrected chi connectivity index (χ4v) is 3.95. The van der Waals surface area contributed by atoms with Crippen molar-refractivity contribution in [1.29, 1.82) is 0 Å². The summed E-state index contributed by atoms with van der Waals surface area (Å²) in [7, 11) is 1.56. The zero-order chi connectivity index (χ0) is 23.9. The van der Waals surface area contributed by atoms with E-state index < -0.39 is 0 Å². The Morgan fingerprint density at radius 3 is 2.79 bits per heavy atom. The molecule has 34 heavy (non-hydrogen) atoms. The predicted molar refractivity (Wildman–Crippen MR) is 128 cm³/mol. The molecule has 1 aliphatic rings. The number of halogens is 1. The van der Waals surface area contributed by atoms with Crippen LogP contribution in [0.15, 0.2) is 42.9 Å². The van der Waals surface area contributed by atoms with E-state index in [1.807, 2.05) is 11.0 Å². The van der Waals surface area contributed by atoms with Crippen molar-refractivity contribution in [1.82, 2.24) is 25.3 Å². The molecule has 0 radical (unpaired) electrons. The summed E-state index contributed by atoms with van der Waals surface area (Å²) in [5.74, 6) is 1.84. The lowest BCUT2D eigenvalue weighted by Gasteiger charge is -2.18. The summed E-state index contributed by atoms with van der Waals surface area (Å²) in [6.07, 6.45) is 5.62. The van der Waals surface area contributed by atoms with Gasteiger partial charge in [-0.25, -0.2) is 15.0 Å². The Morgan fingerprint density at radius 1 is 1.26 bits per heavy atom. The van der Waals surface area contributed by atoms with Crippen molar-refractivity contribution in [3.05, 3.63) is 64.8 Å². The molecule has 0 bridgehead atoms. The van der Waals surface area contributed by atoms with E-state index in [9.17, 15) is 9.90 Å². The molecule has 178 valence electrons. The highest BCUT2D eigenvalue weighted by Crippen LogP contribution is 2.26. The second kappa shape index (κ2) is 11.1. The molecule has 3 heterocycles. The van der Waals surface area contributed by atoms with E-state index in [1.54, 1.807) is 37.7 Å². The van der Waals surface area contributed by atoms with E-state index in [1.165, 1.54) is 6.20 Å². The number of methoxy groups -OCH3 is 1. The Labute approximate surface area is 202 Å². The molecular formula is C23H26ClN7O3. The minimum absolute atomic E-state index is 0.127. The Kier molecular flexibility index (Phi) is 7.71. The molecule has 1 atom stereocenters. The molecule has 0 aliphatic carbocycles. The number of benzene rings is 1. The number of amides is 1. The van der Waals surface area contributed by atoms with Gasteiger partial charge in [0, 0.05) is 50.7 Å². The van der Waals surface area contributed by atoms with Gasteiger partial charge in [-0.3, -0.25) is 4.79 Å². The normalized spacial score (nSPS) is 15.3. The average molecular weight is 484 g/mol. The maximum absolute atomic E-state index is 12.9. The van der Waals surface area contributed by atoms with Gasteiger partial charge in [0.25, 0.3) is 5.91 Å². The molecule has 1 unspecified atom stereocenters. The van der Waals surface area contributed by atoms with E-state index in [2.05, 4.69) is 30.6 Å². The van der Waals surface area contributed by atoms with Gasteiger partial charge in [0.05, 0.1) is 18.7 Å². The lowest BCUT2D eigenvalue weighted by molar-refractivity contribution is 0.0950. The summed E-state index contributed by atoms with van der Waals surface area (Å²) >= 11 is 6.25. The van der Waals surface area contributed by atoms with Crippen molar-refractivity contribution in [3.63, 3.8) is 0 Å². The van der Waals surface area contributed by atoms with Gasteiger partial charge in [0.2, 0.25) is 5.95 Å². The fraction of sp³-hybridized carbons (Fsp3) is 0.348. The van der Waals surface area contributed by atoms with Crippen LogP contribution >= 0.6 is 11.6 Å². The third-order valence-corrected chi connectivity index (χ3v) is 5.85. The molecule has 1 aromatic carbocycles. The van der Waals surface area contributed by atoms with Crippen LogP contribution in [-0.2, 0) is 13.1 Å². The summed E-state index contributed by atoms with van der Waals surface area (Å²) in [6, 6.07) is 7.19. The number of nitrogens with zero attached hydrogens (tertiary/aromatic N) is 5. The predicted octanol–water partition coefficient (Wildman–Crippen LogP) is 2.29. The number of aromatic nitrogens is 4. The van der Waals surface area contributed by atoms with Crippen LogP contribution in [0, 0.1) is 5.92 Å². The molecule has 0 saturated carbocycles. The molecular weight excluding hydrogens is 458 g/mol. The highest BCUT2D eigenvalue weighted by atomic mass is 35.5. The first kappa shape index (κ1) is 23.7. The molecule has 3 aromatic rings. The van der Waals surface area contributed by atoms with Gasteiger partial charge < -0.3 is 25.4 Å². The largest absolute Gasteiger partial charge is 0.495 e. The number of ether oxygens (including phenoxy) is 1. The van der Waals surface area contributed by atoms with Gasteiger partial charge in [-0.1, -0.05) is 17.7 Å². The van der Waals surface area contributed by atoms with Gasteiger partial charge in [-0.05, 0) is 30.2 Å². The molecule has 10 nitrogen and oxygen atoms in total. The third kappa shape index (κ3) is 5.70. The first-order valence-corrected chi connectivity index (χ1v) is 11.3. The Hall–Kier alpha value is -3.50. The number of anilines is 2. The minimum atomic E-state index is -0.344. The Morgan fingerprint density at radius 2 is 2.09 bits per heavy atom. The Bertz CT molecular complexity index is 1130. The zero-order valence-corrected chi connectivity index (χ0v) is 19.5. The molecule has 0 spiro atoms. The van der Waals surface area contributed by atoms with Gasteiger partial charge in [-0.2, -0.15) is 4.98 Å². The lowest BCUT2D eigenvalue weighted by atomic mass is 10.1. The SMILES string of the molecule is COc1ccc(CNc2nc(N3CCC(CO)C3)ncc2C(=O)NCc2ncccn2)cc1Cl. The van der Waals surface area contributed by atoms with Crippen LogP contribution in [0.4, 0.5) is 11.8 Å². The van der Waals surface area contributed by atoms with Gasteiger partial charge in [0.1, 0.15) is 23.0 Å². The van der Waals surface area contributed by atoms with Gasteiger partial charge >= 0.3 is 0 Å². The monoisotopic (exact) mass is 483 g/mol. The highest BCUT2D eigenvalue weighted by molar-refractivity contribution is 6.32. The van der Waals surface area contributed by atoms with Crippen molar-refractivity contribution >= 4 is 29.3 Å². The second-order valence-electron chi connectivity index (χ2n) is 7.89. The van der Waals surface area contributed by atoms with Gasteiger partial charge in [0.15, 0.2) is 0 Å². The topological polar surface area (TPSA) is 125 Å². The van der Waals surface area contributed by atoms with Crippen molar-refractivity contribution < 1.29 is 14.6 Å². The minimum Gasteiger partial charge on any atom is -0.495 e. The molecule has 4 rings (SSSR count). The number of nitrogens with one attached hydrogen (secondary N) is 2. The smallest absolute Gasteiger partial charge is 0.256 e. The number of rotatable bonds is 9. The first-order chi connectivity index (χ1) is 16.6. The summed E-state index contributed by atoms with van der Waals surface area (Å²) in [4.78, 5) is 32.3. The van der Waals surface area contributed by atoms with E-state index >= 15 is 0 Å². The maximum atomic E-state index is 12.9. The standard InChI is InChI=1S/C23H26ClN7O3/c1-34-19-4-3-15(9-18(19)24)10-27-21-17(22(33)28-12-20-25-6-2-7-26-20)11-29-23(30-21)31-8-5-16(13-31)14-32/h2-4,6-7,9,11,16,32H,5,8,10,12-14H2,1H3,(H,28,33)(H,27,29,30). The van der Waals surface area contributed by atoms with Crippen LogP contribution in [0.25, 0.3) is 0 Å². The number of aliphatic hydroxyl groups is 1. The van der Waals surface area contributed by atoms with E-state index in [0.29, 0.717) is 47.0 Å². The lowest BCUT2D eigenvalue weighted by Crippen LogP contribution is -2.27.